The Kier molecular flexibility index (Phi) is 6.39. The molecular weight excluding hydrogens is 415 g/mol. The van der Waals surface area contributed by atoms with E-state index < -0.39 is 5.91 Å². The summed E-state index contributed by atoms with van der Waals surface area (Å²) in [6.45, 7) is 5.44. The van der Waals surface area contributed by atoms with Gasteiger partial charge in [0.05, 0.1) is 17.8 Å². The number of hydrogen-bond donors (Lipinski definition) is 3. The predicted molar refractivity (Wildman–Crippen MR) is 120 cm³/mol. The number of aromatic nitrogens is 1. The zero-order chi connectivity index (χ0) is 23.0. The van der Waals surface area contributed by atoms with Crippen LogP contribution in [-0.4, -0.2) is 41.4 Å². The Morgan fingerprint density at radius 2 is 2.12 bits per heavy atom. The molecule has 2 aliphatic rings. The summed E-state index contributed by atoms with van der Waals surface area (Å²) < 4.78 is 23.0. The average molecular weight is 447 g/mol. The highest BCUT2D eigenvalue weighted by Crippen LogP contribution is 2.42. The third-order valence-electron chi connectivity index (χ3n) is 6.59. The number of hydrogen-bond acceptors (Lipinski definition) is 6. The molecule has 0 bridgehead atoms. The van der Waals surface area contributed by atoms with Crippen LogP contribution in [0.25, 0.3) is 10.9 Å². The van der Waals surface area contributed by atoms with Crippen molar-refractivity contribution in [3.8, 4) is 5.75 Å². The van der Waals surface area contributed by atoms with E-state index in [0.717, 1.165) is 31.4 Å². The number of anilines is 1. The number of carbonyl (C=O) groups is 1. The van der Waals surface area contributed by atoms with Crippen molar-refractivity contribution in [2.24, 2.45) is 11.7 Å². The molecule has 1 saturated heterocycles. The van der Waals surface area contributed by atoms with E-state index in [1.807, 2.05) is 18.7 Å². The maximum atomic E-state index is 15.4. The molecular formula is C23H31FN4O4. The van der Waals surface area contributed by atoms with Gasteiger partial charge in [-0.05, 0) is 57.1 Å². The molecule has 9 heteroatoms. The Labute approximate surface area is 186 Å². The van der Waals surface area contributed by atoms with Gasteiger partial charge in [-0.3, -0.25) is 14.8 Å². The summed E-state index contributed by atoms with van der Waals surface area (Å²) in [5.41, 5.74) is 9.47. The number of hydroxylamine groups is 1. The van der Waals surface area contributed by atoms with Gasteiger partial charge in [0.15, 0.2) is 0 Å². The molecule has 1 aromatic carbocycles. The zero-order valence-electron chi connectivity index (χ0n) is 18.6. The van der Waals surface area contributed by atoms with Crippen LogP contribution in [0.2, 0.25) is 0 Å². The van der Waals surface area contributed by atoms with E-state index in [1.54, 1.807) is 10.0 Å². The number of carbonyl (C=O) groups excluding carboxylic acids is 1. The largest absolute Gasteiger partial charge is 0.493 e. The molecule has 32 heavy (non-hydrogen) atoms. The van der Waals surface area contributed by atoms with Crippen LogP contribution < -0.4 is 26.4 Å². The van der Waals surface area contributed by atoms with Crippen LogP contribution in [0.5, 0.6) is 5.75 Å². The van der Waals surface area contributed by atoms with Gasteiger partial charge in [-0.25, -0.2) is 9.87 Å². The van der Waals surface area contributed by atoms with E-state index in [4.69, 9.17) is 15.7 Å². The first kappa shape index (κ1) is 22.5. The lowest BCUT2D eigenvalue weighted by atomic mass is 10.0. The zero-order valence-corrected chi connectivity index (χ0v) is 18.6. The van der Waals surface area contributed by atoms with Crippen molar-refractivity contribution in [3.63, 3.8) is 0 Å². The average Bonchev–Trinajstić information content (AvgIpc) is 3.47. The second kappa shape index (κ2) is 9.07. The summed E-state index contributed by atoms with van der Waals surface area (Å²) in [7, 11) is 0. The summed E-state index contributed by atoms with van der Waals surface area (Å²) >= 11 is 0. The highest BCUT2D eigenvalue weighted by molar-refractivity contribution is 5.92. The standard InChI is InChI=1S/C23H31FN4O4/c1-13-22-17(10-18(24)23(13)27-8-7-15(12-27)14(2)25)19(32-9-3-4-20(29)26-31)11-21(30)28(22)16-5-6-16/h10-11,14-16,31H,3-9,12,25H2,1-2H3,(H,26,29)/t14-,15?/m0/s1. The first-order chi connectivity index (χ1) is 15.3. The predicted octanol–water partition coefficient (Wildman–Crippen LogP) is 2.62. The second-order valence-electron chi connectivity index (χ2n) is 9.02. The quantitative estimate of drug-likeness (QED) is 0.327. The Balaban J connectivity index is 1.74. The first-order valence-electron chi connectivity index (χ1n) is 11.3. The number of nitrogens with zero attached hydrogens (tertiary/aromatic N) is 2. The summed E-state index contributed by atoms with van der Waals surface area (Å²) in [4.78, 5) is 26.2. The second-order valence-corrected chi connectivity index (χ2v) is 9.02. The van der Waals surface area contributed by atoms with Gasteiger partial charge in [0.25, 0.3) is 5.56 Å². The third-order valence-corrected chi connectivity index (χ3v) is 6.59. The van der Waals surface area contributed by atoms with Crippen molar-refractivity contribution in [3.05, 3.63) is 33.9 Å². The molecule has 1 saturated carbocycles. The van der Waals surface area contributed by atoms with Gasteiger partial charge in [-0.1, -0.05) is 0 Å². The Bertz CT molecular complexity index is 1080. The van der Waals surface area contributed by atoms with Crippen LogP contribution in [-0.2, 0) is 4.79 Å². The topological polar surface area (TPSA) is 110 Å². The summed E-state index contributed by atoms with van der Waals surface area (Å²) in [6, 6.07) is 3.04. The van der Waals surface area contributed by atoms with Crippen LogP contribution in [0.1, 0.15) is 50.6 Å². The fourth-order valence-electron chi connectivity index (χ4n) is 4.72. The van der Waals surface area contributed by atoms with Gasteiger partial charge in [0, 0.05) is 43.0 Å². The van der Waals surface area contributed by atoms with E-state index in [2.05, 4.69) is 0 Å². The number of halogens is 1. The maximum Gasteiger partial charge on any atom is 0.255 e. The van der Waals surface area contributed by atoms with Crippen molar-refractivity contribution < 1.29 is 19.1 Å². The minimum absolute atomic E-state index is 0.0429. The molecule has 8 nitrogen and oxygen atoms in total. The normalized spacial score (nSPS) is 19.4. The van der Waals surface area contributed by atoms with E-state index in [9.17, 15) is 9.59 Å². The number of ether oxygens (including phenoxy) is 1. The van der Waals surface area contributed by atoms with Gasteiger partial charge < -0.3 is 19.9 Å². The van der Waals surface area contributed by atoms with E-state index in [-0.39, 0.29) is 36.5 Å². The fourth-order valence-corrected chi connectivity index (χ4v) is 4.72. The number of nitrogens with two attached hydrogens (primary N) is 1. The Hall–Kier alpha value is -2.65. The van der Waals surface area contributed by atoms with Crippen molar-refractivity contribution in [2.75, 3.05) is 24.6 Å². The van der Waals surface area contributed by atoms with Crippen LogP contribution in [0.3, 0.4) is 0 Å². The molecule has 0 radical (unpaired) electrons. The van der Waals surface area contributed by atoms with Crippen LogP contribution in [0.4, 0.5) is 10.1 Å². The molecule has 2 heterocycles. The molecule has 1 amide bonds. The molecule has 2 atom stereocenters. The van der Waals surface area contributed by atoms with Gasteiger partial charge in [0.1, 0.15) is 11.6 Å². The van der Waals surface area contributed by atoms with Crippen molar-refractivity contribution in [1.82, 2.24) is 10.0 Å². The summed E-state index contributed by atoms with van der Waals surface area (Å²) in [5, 5.41) is 9.16. The molecule has 2 fully saturated rings. The highest BCUT2D eigenvalue weighted by Gasteiger charge is 2.32. The van der Waals surface area contributed by atoms with Gasteiger partial charge in [-0.2, -0.15) is 0 Å². The van der Waals surface area contributed by atoms with Crippen molar-refractivity contribution in [2.45, 2.75) is 58.0 Å². The van der Waals surface area contributed by atoms with Crippen molar-refractivity contribution in [1.29, 1.82) is 0 Å². The number of rotatable bonds is 8. The fraction of sp³-hybridized carbons (Fsp3) is 0.565. The number of aryl methyl sites for hydroxylation is 1. The summed E-state index contributed by atoms with van der Waals surface area (Å²) in [6.07, 6.45) is 3.20. The van der Waals surface area contributed by atoms with Crippen molar-refractivity contribution >= 4 is 22.5 Å². The number of benzene rings is 1. The lowest BCUT2D eigenvalue weighted by molar-refractivity contribution is -0.129. The molecule has 0 spiro atoms. The maximum absolute atomic E-state index is 15.4. The lowest BCUT2D eigenvalue weighted by Gasteiger charge is -2.25. The number of fused-ring (bicyclic) bond motifs is 1. The summed E-state index contributed by atoms with van der Waals surface area (Å²) in [5.74, 6) is -0.230. The molecule has 1 unspecified atom stereocenters. The number of nitrogens with one attached hydrogen (secondary N) is 1. The molecule has 1 aliphatic carbocycles. The Morgan fingerprint density at radius 3 is 2.75 bits per heavy atom. The number of pyridine rings is 1. The smallest absolute Gasteiger partial charge is 0.255 e. The molecule has 4 N–H and O–H groups in total. The molecule has 1 aliphatic heterocycles. The molecule has 4 rings (SSSR count). The molecule has 2 aromatic rings. The SMILES string of the molecule is Cc1c(N2CCC([C@H](C)N)C2)c(F)cc2c(OCCCC(=O)NO)cc(=O)n(C3CC3)c12. The molecule has 1 aromatic heterocycles. The Morgan fingerprint density at radius 1 is 1.38 bits per heavy atom. The monoisotopic (exact) mass is 446 g/mol. The third kappa shape index (κ3) is 4.31. The van der Waals surface area contributed by atoms with Gasteiger partial charge >= 0.3 is 0 Å². The first-order valence-corrected chi connectivity index (χ1v) is 11.3. The van der Waals surface area contributed by atoms with E-state index >= 15 is 4.39 Å². The van der Waals surface area contributed by atoms with Crippen LogP contribution >= 0.6 is 0 Å². The highest BCUT2D eigenvalue weighted by atomic mass is 19.1. The van der Waals surface area contributed by atoms with Crippen LogP contribution in [0.15, 0.2) is 16.9 Å². The van der Waals surface area contributed by atoms with Crippen LogP contribution in [0, 0.1) is 18.7 Å². The lowest BCUT2D eigenvalue weighted by Crippen LogP contribution is -2.30. The van der Waals surface area contributed by atoms with E-state index in [1.165, 1.54) is 12.1 Å². The minimum Gasteiger partial charge on any atom is -0.493 e. The number of amides is 1. The molecule has 174 valence electrons. The minimum atomic E-state index is -0.509. The van der Waals surface area contributed by atoms with Gasteiger partial charge in [0.2, 0.25) is 5.91 Å². The van der Waals surface area contributed by atoms with E-state index in [0.29, 0.717) is 41.2 Å². The van der Waals surface area contributed by atoms with Gasteiger partial charge in [-0.15, -0.1) is 0 Å².